The second-order valence-corrected chi connectivity index (χ2v) is 9.35. The van der Waals surface area contributed by atoms with E-state index in [0.717, 1.165) is 17.5 Å². The van der Waals surface area contributed by atoms with Crippen molar-refractivity contribution in [1.29, 1.82) is 0 Å². The standard InChI is InChI=1S/C26H36ClNO6/c1-4-16-5-7-17(8-6-16)9-18-10-20(19(11-21(18)27)14-33-13-15(2)28-3)26-25(32)24(31)23(30)22(12-29)34-26/h5-8,10-11,15,22-26,28-32H,4,9,12-14H2,1-3H3/t15?,22?,23-,24+,25-,26?/m1/s1. The minimum Gasteiger partial charge on any atom is -0.394 e. The van der Waals surface area contributed by atoms with Crippen molar-refractivity contribution in [3.05, 3.63) is 69.2 Å². The third-order valence-corrected chi connectivity index (χ3v) is 6.80. The van der Waals surface area contributed by atoms with Crippen LogP contribution in [0.5, 0.6) is 0 Å². The van der Waals surface area contributed by atoms with Crippen molar-refractivity contribution in [3.63, 3.8) is 0 Å². The van der Waals surface area contributed by atoms with Crippen molar-refractivity contribution in [2.75, 3.05) is 20.3 Å². The minimum atomic E-state index is -1.46. The van der Waals surface area contributed by atoms with Gasteiger partial charge in [0.05, 0.1) is 19.8 Å². The van der Waals surface area contributed by atoms with Crippen LogP contribution in [0.3, 0.4) is 0 Å². The first-order valence-electron chi connectivity index (χ1n) is 11.7. The summed E-state index contributed by atoms with van der Waals surface area (Å²) >= 11 is 6.66. The molecule has 1 heterocycles. The van der Waals surface area contributed by atoms with Gasteiger partial charge in [-0.2, -0.15) is 0 Å². The van der Waals surface area contributed by atoms with Crippen LogP contribution in [0.4, 0.5) is 0 Å². The maximum atomic E-state index is 10.8. The number of hydrogen-bond donors (Lipinski definition) is 5. The molecule has 0 bridgehead atoms. The number of aliphatic hydroxyl groups excluding tert-OH is 4. The number of aliphatic hydroxyl groups is 4. The van der Waals surface area contributed by atoms with Gasteiger partial charge in [0.25, 0.3) is 0 Å². The van der Waals surface area contributed by atoms with Gasteiger partial charge >= 0.3 is 0 Å². The Balaban J connectivity index is 1.95. The zero-order chi connectivity index (χ0) is 24.8. The van der Waals surface area contributed by atoms with E-state index in [2.05, 4.69) is 36.5 Å². The Kier molecular flexibility index (Phi) is 9.88. The molecule has 1 aliphatic rings. The first-order chi connectivity index (χ1) is 16.3. The monoisotopic (exact) mass is 493 g/mol. The zero-order valence-corrected chi connectivity index (χ0v) is 20.7. The molecule has 1 aliphatic heterocycles. The fourth-order valence-electron chi connectivity index (χ4n) is 4.10. The molecule has 0 saturated carbocycles. The van der Waals surface area contributed by atoms with Gasteiger partial charge < -0.3 is 35.2 Å². The smallest absolute Gasteiger partial charge is 0.113 e. The predicted octanol–water partition coefficient (Wildman–Crippen LogP) is 2.13. The highest BCUT2D eigenvalue weighted by atomic mass is 35.5. The summed E-state index contributed by atoms with van der Waals surface area (Å²) in [6, 6.07) is 12.1. The third-order valence-electron chi connectivity index (χ3n) is 6.45. The fourth-order valence-corrected chi connectivity index (χ4v) is 4.36. The van der Waals surface area contributed by atoms with Gasteiger partial charge in [-0.05, 0) is 60.7 Å². The maximum absolute atomic E-state index is 10.8. The highest BCUT2D eigenvalue weighted by Crippen LogP contribution is 2.37. The lowest BCUT2D eigenvalue weighted by atomic mass is 9.87. The average Bonchev–Trinajstić information content (AvgIpc) is 2.85. The molecule has 8 heteroatoms. The van der Waals surface area contributed by atoms with E-state index < -0.39 is 37.1 Å². The lowest BCUT2D eigenvalue weighted by Gasteiger charge is -2.41. The van der Waals surface area contributed by atoms with Gasteiger partial charge in [0.2, 0.25) is 0 Å². The van der Waals surface area contributed by atoms with Crippen LogP contribution in [0.1, 0.15) is 47.8 Å². The molecule has 1 saturated heterocycles. The van der Waals surface area contributed by atoms with Crippen molar-refractivity contribution < 1.29 is 29.9 Å². The van der Waals surface area contributed by atoms with E-state index in [1.807, 2.05) is 20.0 Å². The Morgan fingerprint density at radius 3 is 2.32 bits per heavy atom. The van der Waals surface area contributed by atoms with E-state index in [4.69, 9.17) is 21.1 Å². The van der Waals surface area contributed by atoms with Gasteiger partial charge in [-0.15, -0.1) is 0 Å². The molecule has 5 N–H and O–H groups in total. The lowest BCUT2D eigenvalue weighted by Crippen LogP contribution is -2.55. The van der Waals surface area contributed by atoms with Gasteiger partial charge in [0, 0.05) is 11.1 Å². The van der Waals surface area contributed by atoms with Crippen LogP contribution in [-0.2, 0) is 28.9 Å². The number of halogens is 1. The van der Waals surface area contributed by atoms with E-state index in [9.17, 15) is 20.4 Å². The third kappa shape index (κ3) is 6.36. The van der Waals surface area contributed by atoms with E-state index in [0.29, 0.717) is 29.2 Å². The summed E-state index contributed by atoms with van der Waals surface area (Å²) in [5.74, 6) is 0. The molecular weight excluding hydrogens is 458 g/mol. The Morgan fingerprint density at radius 1 is 1.03 bits per heavy atom. The van der Waals surface area contributed by atoms with E-state index in [1.54, 1.807) is 6.07 Å². The van der Waals surface area contributed by atoms with Crippen molar-refractivity contribution in [2.45, 2.75) is 69.9 Å². The molecule has 2 aromatic carbocycles. The molecule has 188 valence electrons. The molecule has 6 atom stereocenters. The first-order valence-corrected chi connectivity index (χ1v) is 12.1. The summed E-state index contributed by atoms with van der Waals surface area (Å²) in [6.45, 7) is 4.31. The van der Waals surface area contributed by atoms with Crippen LogP contribution < -0.4 is 5.32 Å². The largest absolute Gasteiger partial charge is 0.394 e. The van der Waals surface area contributed by atoms with Crippen LogP contribution in [0, 0.1) is 0 Å². The van der Waals surface area contributed by atoms with Crippen molar-refractivity contribution in [2.24, 2.45) is 0 Å². The van der Waals surface area contributed by atoms with E-state index in [1.165, 1.54) is 5.56 Å². The van der Waals surface area contributed by atoms with Crippen molar-refractivity contribution in [3.8, 4) is 0 Å². The van der Waals surface area contributed by atoms with Crippen LogP contribution in [0.25, 0.3) is 0 Å². The number of ether oxygens (including phenoxy) is 2. The molecule has 0 spiro atoms. The normalized spacial score (nSPS) is 25.9. The molecule has 3 rings (SSSR count). The van der Waals surface area contributed by atoms with Gasteiger partial charge in [0.1, 0.15) is 30.5 Å². The van der Waals surface area contributed by atoms with Gasteiger partial charge in [-0.1, -0.05) is 48.9 Å². The van der Waals surface area contributed by atoms with Crippen LogP contribution in [0.2, 0.25) is 5.02 Å². The van der Waals surface area contributed by atoms with Crippen LogP contribution >= 0.6 is 11.6 Å². The molecule has 34 heavy (non-hydrogen) atoms. The Bertz CT molecular complexity index is 922. The van der Waals surface area contributed by atoms with Gasteiger partial charge in [-0.25, -0.2) is 0 Å². The number of nitrogens with one attached hydrogen (secondary N) is 1. The van der Waals surface area contributed by atoms with Crippen molar-refractivity contribution in [1.82, 2.24) is 5.32 Å². The molecule has 3 unspecified atom stereocenters. The summed E-state index contributed by atoms with van der Waals surface area (Å²) in [4.78, 5) is 0. The highest BCUT2D eigenvalue weighted by Gasteiger charge is 2.44. The summed E-state index contributed by atoms with van der Waals surface area (Å²) < 4.78 is 11.7. The second-order valence-electron chi connectivity index (χ2n) is 8.94. The molecule has 0 radical (unpaired) electrons. The number of likely N-dealkylation sites (N-methyl/N-ethyl adjacent to an activating group) is 1. The molecule has 0 amide bonds. The number of benzene rings is 2. The predicted molar refractivity (Wildman–Crippen MR) is 131 cm³/mol. The van der Waals surface area contributed by atoms with Crippen LogP contribution in [-0.4, -0.2) is 71.1 Å². The Hall–Kier alpha value is -1.55. The molecule has 7 nitrogen and oxygen atoms in total. The Labute approximate surface area is 206 Å². The Morgan fingerprint density at radius 2 is 1.71 bits per heavy atom. The number of aryl methyl sites for hydroxylation is 1. The lowest BCUT2D eigenvalue weighted by molar-refractivity contribution is -0.232. The topological polar surface area (TPSA) is 111 Å². The molecular formula is C26H36ClNO6. The van der Waals surface area contributed by atoms with Crippen LogP contribution in [0.15, 0.2) is 36.4 Å². The highest BCUT2D eigenvalue weighted by molar-refractivity contribution is 6.31. The summed E-state index contributed by atoms with van der Waals surface area (Å²) in [7, 11) is 1.85. The summed E-state index contributed by atoms with van der Waals surface area (Å²) in [5.41, 5.74) is 4.50. The average molecular weight is 494 g/mol. The summed E-state index contributed by atoms with van der Waals surface area (Å²) in [6.07, 6.45) is -4.69. The van der Waals surface area contributed by atoms with E-state index in [-0.39, 0.29) is 12.6 Å². The molecule has 0 aromatic heterocycles. The zero-order valence-electron chi connectivity index (χ0n) is 19.9. The maximum Gasteiger partial charge on any atom is 0.113 e. The number of hydrogen-bond acceptors (Lipinski definition) is 7. The first kappa shape index (κ1) is 27.0. The quantitative estimate of drug-likeness (QED) is 0.345. The minimum absolute atomic E-state index is 0.150. The SMILES string of the molecule is CCc1ccc(Cc2cc(C3OC(CO)[C@@H](O)[C@H](O)[C@H]3O)c(COCC(C)NC)cc2Cl)cc1. The second kappa shape index (κ2) is 12.4. The molecule has 0 aliphatic carbocycles. The van der Waals surface area contributed by atoms with Gasteiger partial charge in [-0.3, -0.25) is 0 Å². The molecule has 2 aromatic rings. The molecule has 1 fully saturated rings. The van der Waals surface area contributed by atoms with Crippen molar-refractivity contribution >= 4 is 11.6 Å². The van der Waals surface area contributed by atoms with Gasteiger partial charge in [0.15, 0.2) is 0 Å². The summed E-state index contributed by atoms with van der Waals surface area (Å²) in [5, 5.41) is 44.6. The number of rotatable bonds is 10. The fraction of sp³-hybridized carbons (Fsp3) is 0.538. The van der Waals surface area contributed by atoms with E-state index >= 15 is 0 Å².